The van der Waals surface area contributed by atoms with Crippen molar-refractivity contribution in [1.82, 2.24) is 0 Å². The summed E-state index contributed by atoms with van der Waals surface area (Å²) in [7, 11) is 0. The van der Waals surface area contributed by atoms with E-state index in [0.29, 0.717) is 5.92 Å². The highest BCUT2D eigenvalue weighted by Gasteiger charge is 2.30. The Balaban J connectivity index is 2.28. The molecular weight excluding hydrogens is 248 g/mol. The molecule has 0 heterocycles. The molecule has 0 aromatic heterocycles. The molecule has 1 aliphatic carbocycles. The summed E-state index contributed by atoms with van der Waals surface area (Å²) in [5.74, 6) is 0.725. The van der Waals surface area contributed by atoms with Gasteiger partial charge in [0.25, 0.3) is 0 Å². The number of rotatable bonds is 4. The highest BCUT2D eigenvalue weighted by Crippen LogP contribution is 2.40. The average molecular weight is 274 g/mol. The maximum Gasteiger partial charge on any atom is 0.304 e. The molecule has 1 N–H and O–H groups in total. The number of carbonyl (C=O) groups is 1. The van der Waals surface area contributed by atoms with Crippen molar-refractivity contribution in [2.45, 2.75) is 64.2 Å². The van der Waals surface area contributed by atoms with Crippen LogP contribution in [0.1, 0.15) is 69.9 Å². The van der Waals surface area contributed by atoms with E-state index in [9.17, 15) is 4.79 Å². The zero-order valence-corrected chi connectivity index (χ0v) is 12.9. The molecule has 0 atom stereocenters. The second-order valence-corrected chi connectivity index (χ2v) is 7.00. The van der Waals surface area contributed by atoms with E-state index >= 15 is 0 Å². The Bertz CT molecular complexity index is 468. The molecule has 0 saturated heterocycles. The number of carboxylic acid groups (broad SMARTS) is 1. The van der Waals surface area contributed by atoms with Crippen molar-refractivity contribution >= 4 is 5.97 Å². The first kappa shape index (κ1) is 15.1. The lowest BCUT2D eigenvalue weighted by Crippen LogP contribution is -2.25. The van der Waals surface area contributed by atoms with Crippen molar-refractivity contribution in [2.75, 3.05) is 0 Å². The van der Waals surface area contributed by atoms with Crippen molar-refractivity contribution < 1.29 is 9.90 Å². The van der Waals surface area contributed by atoms with Crippen molar-refractivity contribution in [3.8, 4) is 0 Å². The Labute approximate surface area is 122 Å². The van der Waals surface area contributed by atoms with Gasteiger partial charge < -0.3 is 5.11 Å². The molecule has 2 rings (SSSR count). The van der Waals surface area contributed by atoms with Gasteiger partial charge in [-0.1, -0.05) is 57.9 Å². The van der Waals surface area contributed by atoms with Crippen LogP contribution in [-0.2, 0) is 10.2 Å². The molecule has 2 nitrogen and oxygen atoms in total. The SMILES string of the molecule is CC1CCC(c2ccccc2C(C)(C)CC(=O)O)CC1. The van der Waals surface area contributed by atoms with E-state index in [1.165, 1.54) is 36.8 Å². The van der Waals surface area contributed by atoms with E-state index in [0.717, 1.165) is 5.92 Å². The molecule has 0 aliphatic heterocycles. The normalized spacial score (nSPS) is 23.6. The third-order valence-electron chi connectivity index (χ3n) is 4.74. The summed E-state index contributed by atoms with van der Waals surface area (Å²) in [6.07, 6.45) is 5.24. The summed E-state index contributed by atoms with van der Waals surface area (Å²) >= 11 is 0. The fraction of sp³-hybridized carbons (Fsp3) is 0.611. The molecule has 20 heavy (non-hydrogen) atoms. The Kier molecular flexibility index (Phi) is 4.52. The summed E-state index contributed by atoms with van der Waals surface area (Å²) in [5.41, 5.74) is 2.30. The van der Waals surface area contributed by atoms with Crippen molar-refractivity contribution in [2.24, 2.45) is 5.92 Å². The van der Waals surface area contributed by atoms with Gasteiger partial charge in [0.05, 0.1) is 6.42 Å². The molecule has 0 unspecified atom stereocenters. The van der Waals surface area contributed by atoms with Crippen LogP contribution in [0.15, 0.2) is 24.3 Å². The highest BCUT2D eigenvalue weighted by atomic mass is 16.4. The van der Waals surface area contributed by atoms with Gasteiger partial charge >= 0.3 is 5.97 Å². The first-order chi connectivity index (χ1) is 9.40. The highest BCUT2D eigenvalue weighted by molar-refractivity contribution is 5.69. The van der Waals surface area contributed by atoms with E-state index in [-0.39, 0.29) is 11.8 Å². The predicted octanol–water partition coefficient (Wildman–Crippen LogP) is 4.73. The van der Waals surface area contributed by atoms with Crippen LogP contribution in [0.3, 0.4) is 0 Å². The van der Waals surface area contributed by atoms with Crippen LogP contribution >= 0.6 is 0 Å². The van der Waals surface area contributed by atoms with Crippen LogP contribution in [0.5, 0.6) is 0 Å². The van der Waals surface area contributed by atoms with Crippen LogP contribution in [0.2, 0.25) is 0 Å². The summed E-state index contributed by atoms with van der Waals surface area (Å²) in [5, 5.41) is 9.15. The number of carboxylic acids is 1. The van der Waals surface area contributed by atoms with E-state index in [1.54, 1.807) is 0 Å². The molecular formula is C18H26O2. The Morgan fingerprint density at radius 2 is 1.80 bits per heavy atom. The standard InChI is InChI=1S/C18H26O2/c1-13-8-10-14(11-9-13)15-6-4-5-7-16(15)18(2,3)12-17(19)20/h4-7,13-14H,8-12H2,1-3H3,(H,19,20). The number of aliphatic carboxylic acids is 1. The van der Waals surface area contributed by atoms with Gasteiger partial charge in [-0.05, 0) is 35.8 Å². The molecule has 0 spiro atoms. The minimum absolute atomic E-state index is 0.188. The Morgan fingerprint density at radius 1 is 1.20 bits per heavy atom. The molecule has 1 fully saturated rings. The maximum absolute atomic E-state index is 11.1. The van der Waals surface area contributed by atoms with Crippen LogP contribution in [-0.4, -0.2) is 11.1 Å². The van der Waals surface area contributed by atoms with Gasteiger partial charge in [-0.3, -0.25) is 4.79 Å². The van der Waals surface area contributed by atoms with E-state index in [1.807, 2.05) is 19.9 Å². The van der Waals surface area contributed by atoms with Crippen LogP contribution in [0.25, 0.3) is 0 Å². The van der Waals surface area contributed by atoms with Gasteiger partial charge in [0.1, 0.15) is 0 Å². The fourth-order valence-electron chi connectivity index (χ4n) is 3.51. The summed E-state index contributed by atoms with van der Waals surface area (Å²) in [6, 6.07) is 8.46. The largest absolute Gasteiger partial charge is 0.481 e. The molecule has 0 bridgehead atoms. The van der Waals surface area contributed by atoms with Gasteiger partial charge in [-0.15, -0.1) is 0 Å². The third-order valence-corrected chi connectivity index (χ3v) is 4.74. The van der Waals surface area contributed by atoms with Crippen molar-refractivity contribution in [1.29, 1.82) is 0 Å². The monoisotopic (exact) mass is 274 g/mol. The van der Waals surface area contributed by atoms with Gasteiger partial charge in [-0.25, -0.2) is 0 Å². The molecule has 0 radical (unpaired) electrons. The van der Waals surface area contributed by atoms with Gasteiger partial charge in [0.15, 0.2) is 0 Å². The summed E-state index contributed by atoms with van der Waals surface area (Å²) in [6.45, 7) is 6.42. The first-order valence-corrected chi connectivity index (χ1v) is 7.71. The fourth-order valence-corrected chi connectivity index (χ4v) is 3.51. The lowest BCUT2D eigenvalue weighted by Gasteiger charge is -2.32. The van der Waals surface area contributed by atoms with E-state index in [4.69, 9.17) is 5.11 Å². The Morgan fingerprint density at radius 3 is 2.40 bits per heavy atom. The minimum Gasteiger partial charge on any atom is -0.481 e. The molecule has 1 aromatic rings. The maximum atomic E-state index is 11.1. The molecule has 1 aliphatic rings. The molecule has 110 valence electrons. The van der Waals surface area contributed by atoms with E-state index < -0.39 is 5.97 Å². The lowest BCUT2D eigenvalue weighted by molar-refractivity contribution is -0.138. The third kappa shape index (κ3) is 3.41. The van der Waals surface area contributed by atoms with Crippen LogP contribution < -0.4 is 0 Å². The average Bonchev–Trinajstić information content (AvgIpc) is 2.38. The molecule has 1 aromatic carbocycles. The zero-order chi connectivity index (χ0) is 14.8. The van der Waals surface area contributed by atoms with Crippen LogP contribution in [0.4, 0.5) is 0 Å². The predicted molar refractivity (Wildman–Crippen MR) is 82.1 cm³/mol. The van der Waals surface area contributed by atoms with E-state index in [2.05, 4.69) is 25.1 Å². The first-order valence-electron chi connectivity index (χ1n) is 7.71. The van der Waals surface area contributed by atoms with Crippen molar-refractivity contribution in [3.63, 3.8) is 0 Å². The quantitative estimate of drug-likeness (QED) is 0.861. The zero-order valence-electron chi connectivity index (χ0n) is 12.9. The molecule has 2 heteroatoms. The number of hydrogen-bond acceptors (Lipinski definition) is 1. The second-order valence-electron chi connectivity index (χ2n) is 7.00. The lowest BCUT2D eigenvalue weighted by atomic mass is 9.72. The van der Waals surface area contributed by atoms with Crippen molar-refractivity contribution in [3.05, 3.63) is 35.4 Å². The number of benzene rings is 1. The number of hydrogen-bond donors (Lipinski definition) is 1. The molecule has 0 amide bonds. The molecule has 1 saturated carbocycles. The summed E-state index contributed by atoms with van der Waals surface area (Å²) < 4.78 is 0. The second kappa shape index (κ2) is 5.99. The summed E-state index contributed by atoms with van der Waals surface area (Å²) in [4.78, 5) is 11.1. The van der Waals surface area contributed by atoms with Gasteiger partial charge in [0.2, 0.25) is 0 Å². The Hall–Kier alpha value is -1.31. The van der Waals surface area contributed by atoms with Gasteiger partial charge in [0, 0.05) is 5.41 Å². The van der Waals surface area contributed by atoms with Crippen LogP contribution in [0, 0.1) is 5.92 Å². The topological polar surface area (TPSA) is 37.3 Å². The van der Waals surface area contributed by atoms with Gasteiger partial charge in [-0.2, -0.15) is 0 Å². The smallest absolute Gasteiger partial charge is 0.304 e. The minimum atomic E-state index is -0.720.